The molecule has 3 aromatic carbocycles. The monoisotopic (exact) mass is 543 g/mol. The second-order valence-corrected chi connectivity index (χ2v) is 8.36. The van der Waals surface area contributed by atoms with Crippen LogP contribution in [0, 0.1) is 6.92 Å². The van der Waals surface area contributed by atoms with Crippen molar-refractivity contribution in [3.05, 3.63) is 84.6 Å². The first kappa shape index (κ1) is 16.6. The molecule has 0 atom stereocenters. The zero-order chi connectivity index (χ0) is 18.4. The van der Waals surface area contributed by atoms with Gasteiger partial charge in [-0.1, -0.05) is 0 Å². The zero-order valence-electron chi connectivity index (χ0n) is 14.8. The van der Waals surface area contributed by atoms with E-state index in [4.69, 9.17) is 9.97 Å². The maximum atomic E-state index is 4.78. The van der Waals surface area contributed by atoms with Crippen molar-refractivity contribution in [2.24, 2.45) is 0 Å². The molecule has 5 aromatic rings. The van der Waals surface area contributed by atoms with E-state index >= 15 is 0 Å². The summed E-state index contributed by atoms with van der Waals surface area (Å²) in [5.74, 6) is 0.804. The minimum absolute atomic E-state index is 0.804. The van der Waals surface area contributed by atoms with Gasteiger partial charge in [0.25, 0.3) is 0 Å². The van der Waals surface area contributed by atoms with E-state index in [1.54, 1.807) is 0 Å². The van der Waals surface area contributed by atoms with Crippen LogP contribution >= 0.6 is 0 Å². The molecule has 2 heterocycles. The van der Waals surface area contributed by atoms with Crippen molar-refractivity contribution in [3.63, 3.8) is 0 Å². The van der Waals surface area contributed by atoms with Gasteiger partial charge in [0.2, 0.25) is 0 Å². The van der Waals surface area contributed by atoms with Crippen molar-refractivity contribution < 1.29 is 0 Å². The number of benzene rings is 3. The Kier molecular flexibility index (Phi) is 4.02. The van der Waals surface area contributed by atoms with E-state index in [2.05, 4.69) is 83.4 Å². The summed E-state index contributed by atoms with van der Waals surface area (Å²) < 4.78 is 3.42. The van der Waals surface area contributed by atoms with Crippen LogP contribution in [0.3, 0.4) is 0 Å². The molecule has 128 valence electrons. The van der Waals surface area contributed by atoms with Gasteiger partial charge in [0, 0.05) is 0 Å². The van der Waals surface area contributed by atoms with Gasteiger partial charge in [-0.3, -0.25) is 0 Å². The first-order chi connectivity index (χ1) is 13.2. The Hall–Kier alpha value is -2.58. The molecule has 0 fully saturated rings. The third kappa shape index (κ3) is 2.76. The molecule has 0 unspecified atom stereocenters. The summed E-state index contributed by atoms with van der Waals surface area (Å²) in [5.41, 5.74) is 5.59. The summed E-state index contributed by atoms with van der Waals surface area (Å²) >= 11 is 1.13. The zero-order valence-corrected chi connectivity index (χ0v) is 18.3. The van der Waals surface area contributed by atoms with Gasteiger partial charge >= 0.3 is 173 Å². The van der Waals surface area contributed by atoms with E-state index in [1.807, 2.05) is 6.92 Å². The summed E-state index contributed by atoms with van der Waals surface area (Å²) in [5, 5.41) is 2.47. The van der Waals surface area contributed by atoms with Crippen LogP contribution in [0.2, 0.25) is 0 Å². The van der Waals surface area contributed by atoms with Crippen molar-refractivity contribution in [3.8, 4) is 17.1 Å². The molecule has 27 heavy (non-hydrogen) atoms. The van der Waals surface area contributed by atoms with E-state index in [9.17, 15) is 0 Å². The molecule has 0 aliphatic rings. The topological polar surface area (TPSA) is 30.7 Å². The van der Waals surface area contributed by atoms with Crippen LogP contribution in [0.15, 0.2) is 78.9 Å². The number of rotatable bonds is 2. The summed E-state index contributed by atoms with van der Waals surface area (Å²) in [4.78, 5) is 9.54. The van der Waals surface area contributed by atoms with Crippen LogP contribution in [-0.2, 0) is 0 Å². The molecule has 0 N–H and O–H groups in total. The number of nitrogens with zero attached hydrogens (tertiary/aromatic N) is 3. The van der Waals surface area contributed by atoms with Gasteiger partial charge in [0.05, 0.1) is 0 Å². The molecule has 0 aliphatic heterocycles. The van der Waals surface area contributed by atoms with Crippen LogP contribution in [0.5, 0.6) is 0 Å². The van der Waals surface area contributed by atoms with Gasteiger partial charge in [0.15, 0.2) is 0 Å². The standard InChI is InChI=1S/C23H16N3.Bi/c1-16-14-15-24-23(25-16)20-12-7-11-19-18-10-5-6-13-21(18)26(22(19)20)17-8-3-2-4-9-17;/h2-14H,1H3;. The Labute approximate surface area is 172 Å². The van der Waals surface area contributed by atoms with E-state index in [-0.39, 0.29) is 0 Å². The van der Waals surface area contributed by atoms with Crippen molar-refractivity contribution in [1.82, 2.24) is 14.5 Å². The quantitative estimate of drug-likeness (QED) is 0.311. The maximum absolute atomic E-state index is 4.78. The number of fused-ring (bicyclic) bond motifs is 3. The van der Waals surface area contributed by atoms with Crippen LogP contribution in [-0.4, -0.2) is 39.3 Å². The molecule has 5 rings (SSSR count). The van der Waals surface area contributed by atoms with Crippen LogP contribution in [0.25, 0.3) is 38.9 Å². The molecule has 0 saturated heterocycles. The van der Waals surface area contributed by atoms with Crippen molar-refractivity contribution in [2.45, 2.75) is 6.92 Å². The Balaban J connectivity index is 1.97. The fourth-order valence-corrected chi connectivity index (χ4v) is 4.81. The number of aryl methyl sites for hydroxylation is 1. The number of aromatic nitrogens is 3. The average molecular weight is 543 g/mol. The second-order valence-electron chi connectivity index (χ2n) is 6.58. The molecule has 0 aliphatic carbocycles. The number of hydrogen-bond donors (Lipinski definition) is 0. The normalized spacial score (nSPS) is 11.3. The summed E-state index contributed by atoms with van der Waals surface area (Å²) in [7, 11) is 0. The van der Waals surface area contributed by atoms with Gasteiger partial charge in [-0.2, -0.15) is 0 Å². The van der Waals surface area contributed by atoms with Crippen molar-refractivity contribution >= 4 is 49.9 Å². The number of hydrogen-bond acceptors (Lipinski definition) is 2. The summed E-state index contributed by atoms with van der Waals surface area (Å²) in [6.45, 7) is 2.04. The third-order valence-electron chi connectivity index (χ3n) is 4.79. The van der Waals surface area contributed by atoms with Gasteiger partial charge in [-0.25, -0.2) is 0 Å². The molecule has 2 aromatic heterocycles. The fraction of sp³-hybridized carbons (Fsp3) is 0.0435. The second kappa shape index (κ2) is 6.54. The van der Waals surface area contributed by atoms with E-state index < -0.39 is 0 Å². The minimum atomic E-state index is 0.804. The molecular weight excluding hydrogens is 527 g/mol. The first-order valence-electron chi connectivity index (χ1n) is 8.85. The average Bonchev–Trinajstić information content (AvgIpc) is 3.02. The molecule has 2 radical (unpaired) electrons. The predicted molar refractivity (Wildman–Crippen MR) is 112 cm³/mol. The van der Waals surface area contributed by atoms with Gasteiger partial charge in [-0.15, -0.1) is 0 Å². The van der Waals surface area contributed by atoms with Crippen molar-refractivity contribution in [1.29, 1.82) is 0 Å². The Morgan fingerprint density at radius 2 is 1.52 bits per heavy atom. The molecular formula is C23H16BiN3. The van der Waals surface area contributed by atoms with Crippen LogP contribution < -0.4 is 3.40 Å². The van der Waals surface area contributed by atoms with E-state index in [0.29, 0.717) is 0 Å². The Bertz CT molecular complexity index is 1270. The number of para-hydroxylation sites is 3. The summed E-state index contributed by atoms with van der Waals surface area (Å²) in [6.07, 6.45) is 0. The molecule has 0 amide bonds. The van der Waals surface area contributed by atoms with Crippen LogP contribution in [0.4, 0.5) is 0 Å². The Morgan fingerprint density at radius 3 is 2.33 bits per heavy atom. The van der Waals surface area contributed by atoms with E-state index in [0.717, 1.165) is 56.4 Å². The van der Waals surface area contributed by atoms with Gasteiger partial charge in [-0.05, 0) is 0 Å². The van der Waals surface area contributed by atoms with Crippen LogP contribution in [0.1, 0.15) is 5.69 Å². The third-order valence-corrected chi connectivity index (χ3v) is 5.68. The molecule has 4 heteroatoms. The van der Waals surface area contributed by atoms with Crippen molar-refractivity contribution in [2.75, 3.05) is 0 Å². The van der Waals surface area contributed by atoms with Gasteiger partial charge in [0.1, 0.15) is 0 Å². The van der Waals surface area contributed by atoms with Gasteiger partial charge < -0.3 is 0 Å². The predicted octanol–water partition coefficient (Wildman–Crippen LogP) is 4.34. The SMILES string of the molecule is Cc1c[c]([Bi])nc(-c2cccc3c4ccccc4n(-c4ccccc4)c23)n1. The molecule has 0 spiro atoms. The fourth-order valence-electron chi connectivity index (χ4n) is 3.72. The van der Waals surface area contributed by atoms with E-state index in [1.165, 1.54) is 16.3 Å². The molecule has 0 bridgehead atoms. The summed E-state index contributed by atoms with van der Waals surface area (Å²) in [6, 6.07) is 27.6. The first-order valence-corrected chi connectivity index (χ1v) is 10.6. The Morgan fingerprint density at radius 1 is 0.778 bits per heavy atom. The molecule has 3 nitrogen and oxygen atoms in total. The molecule has 0 saturated carbocycles.